The van der Waals surface area contributed by atoms with E-state index < -0.39 is 17.9 Å². The van der Waals surface area contributed by atoms with E-state index in [1.54, 1.807) is 6.92 Å². The topological polar surface area (TPSA) is 98.6 Å². The molecule has 0 spiro atoms. The van der Waals surface area contributed by atoms with Gasteiger partial charge < -0.3 is 10.5 Å². The first kappa shape index (κ1) is 15.1. The van der Waals surface area contributed by atoms with E-state index in [0.29, 0.717) is 6.61 Å². The zero-order chi connectivity index (χ0) is 14.3. The van der Waals surface area contributed by atoms with Crippen molar-refractivity contribution in [3.05, 3.63) is 42.3 Å². The number of hydrogen-bond donors (Lipinski definition) is 2. The van der Waals surface area contributed by atoms with E-state index in [4.69, 9.17) is 16.3 Å². The molecule has 0 aliphatic heterocycles. The van der Waals surface area contributed by atoms with Crippen LogP contribution >= 0.6 is 0 Å². The molecule has 1 atom stereocenters. The molecule has 0 bridgehead atoms. The van der Waals surface area contributed by atoms with Crippen LogP contribution in [0.4, 0.5) is 0 Å². The van der Waals surface area contributed by atoms with Crippen LogP contribution in [0, 0.1) is 6.42 Å². The Labute approximate surface area is 112 Å². The van der Waals surface area contributed by atoms with Gasteiger partial charge in [-0.25, -0.2) is 5.84 Å². The van der Waals surface area contributed by atoms with Gasteiger partial charge in [-0.2, -0.15) is 0 Å². The second kappa shape index (κ2) is 7.50. The molecule has 0 saturated heterocycles. The van der Waals surface area contributed by atoms with E-state index in [1.807, 2.05) is 30.3 Å². The second-order valence-corrected chi connectivity index (χ2v) is 4.10. The van der Waals surface area contributed by atoms with E-state index in [2.05, 4.69) is 0 Å². The fraction of sp³-hybridized carbons (Fsp3) is 0.308. The molecule has 0 unspecified atom stereocenters. The van der Waals surface area contributed by atoms with Gasteiger partial charge in [0.2, 0.25) is 11.8 Å². The number of rotatable bonds is 7. The van der Waals surface area contributed by atoms with Gasteiger partial charge in [0.15, 0.2) is 0 Å². The lowest BCUT2D eigenvalue weighted by Gasteiger charge is -2.17. The lowest BCUT2D eigenvalue weighted by atomic mass is 10.2. The molecule has 1 aromatic rings. The van der Waals surface area contributed by atoms with Crippen molar-refractivity contribution < 1.29 is 14.3 Å². The third-order valence-corrected chi connectivity index (χ3v) is 2.34. The quantitative estimate of drug-likeness (QED) is 0.411. The molecule has 1 radical (unpaired) electrons. The summed E-state index contributed by atoms with van der Waals surface area (Å²) in [6.07, 6.45) is 0.887. The average Bonchev–Trinajstić information content (AvgIpc) is 2.36. The molecule has 2 amide bonds. The monoisotopic (exact) mass is 264 g/mol. The van der Waals surface area contributed by atoms with Crippen molar-refractivity contribution in [2.45, 2.75) is 19.6 Å². The van der Waals surface area contributed by atoms with Crippen molar-refractivity contribution in [2.24, 2.45) is 11.6 Å². The molecule has 6 nitrogen and oxygen atoms in total. The van der Waals surface area contributed by atoms with Gasteiger partial charge in [0.1, 0.15) is 6.54 Å². The number of ether oxygens (including phenoxy) is 1. The Kier molecular flexibility index (Phi) is 5.98. The first-order valence-corrected chi connectivity index (χ1v) is 5.84. The van der Waals surface area contributed by atoms with Crippen LogP contribution < -0.4 is 11.6 Å². The Hall–Kier alpha value is -1.92. The molecule has 0 saturated carbocycles. The lowest BCUT2D eigenvalue weighted by molar-refractivity contribution is -0.133. The van der Waals surface area contributed by atoms with Gasteiger partial charge in [-0.3, -0.25) is 14.6 Å². The summed E-state index contributed by atoms with van der Waals surface area (Å²) < 4.78 is 5.48. The fourth-order valence-corrected chi connectivity index (χ4v) is 1.39. The van der Waals surface area contributed by atoms with Crippen molar-refractivity contribution >= 4 is 11.8 Å². The SMILES string of the molecule is C[C@@H]([CH]C(=O)N(N)CC(N)=O)OCc1ccccc1. The average molecular weight is 264 g/mol. The molecule has 0 aromatic heterocycles. The number of hydrogen-bond acceptors (Lipinski definition) is 4. The standard InChI is InChI=1S/C13H18N3O3/c1-10(7-13(18)16(15)8-12(14)17)19-9-11-5-3-2-4-6-11/h2-7,10H,8-9,15H2,1H3,(H2,14,17)/t10-/m0/s1. The number of carbonyl (C=O) groups is 2. The number of benzene rings is 1. The molecule has 0 aliphatic rings. The van der Waals surface area contributed by atoms with Crippen LogP contribution in [0.1, 0.15) is 12.5 Å². The molecular formula is C13H18N3O3. The summed E-state index contributed by atoms with van der Waals surface area (Å²) in [6.45, 7) is 1.80. The van der Waals surface area contributed by atoms with Crippen LogP contribution in [-0.2, 0) is 20.9 Å². The Morgan fingerprint density at radius 2 is 2.00 bits per heavy atom. The highest BCUT2D eigenvalue weighted by Crippen LogP contribution is 2.05. The normalized spacial score (nSPS) is 11.9. The highest BCUT2D eigenvalue weighted by molar-refractivity contribution is 5.88. The Morgan fingerprint density at radius 3 is 2.58 bits per heavy atom. The molecule has 103 valence electrons. The first-order chi connectivity index (χ1) is 8.99. The minimum atomic E-state index is -0.665. The van der Waals surface area contributed by atoms with Crippen LogP contribution in [0.3, 0.4) is 0 Å². The van der Waals surface area contributed by atoms with E-state index in [-0.39, 0.29) is 6.54 Å². The fourth-order valence-electron chi connectivity index (χ4n) is 1.39. The van der Waals surface area contributed by atoms with Gasteiger partial charge in [0.05, 0.1) is 19.1 Å². The van der Waals surface area contributed by atoms with E-state index in [9.17, 15) is 9.59 Å². The lowest BCUT2D eigenvalue weighted by Crippen LogP contribution is -2.44. The van der Waals surface area contributed by atoms with Crippen LogP contribution in [-0.4, -0.2) is 29.5 Å². The summed E-state index contributed by atoms with van der Waals surface area (Å²) in [5.41, 5.74) is 5.95. The minimum absolute atomic E-state index is 0.319. The van der Waals surface area contributed by atoms with E-state index >= 15 is 0 Å². The smallest absolute Gasteiger partial charge is 0.243 e. The molecule has 19 heavy (non-hydrogen) atoms. The zero-order valence-corrected chi connectivity index (χ0v) is 10.8. The number of nitrogens with two attached hydrogens (primary N) is 2. The van der Waals surface area contributed by atoms with Gasteiger partial charge in [-0.15, -0.1) is 0 Å². The Balaban J connectivity index is 2.32. The summed E-state index contributed by atoms with van der Waals surface area (Å²) in [6, 6.07) is 9.59. The molecular weight excluding hydrogens is 246 g/mol. The highest BCUT2D eigenvalue weighted by Gasteiger charge is 2.16. The largest absolute Gasteiger partial charge is 0.373 e. The molecule has 1 aromatic carbocycles. The summed E-state index contributed by atoms with van der Waals surface area (Å²) in [5, 5.41) is 0.755. The van der Waals surface area contributed by atoms with Crippen molar-refractivity contribution in [1.29, 1.82) is 0 Å². The predicted octanol–water partition coefficient (Wildman–Crippen LogP) is -0.0164. The van der Waals surface area contributed by atoms with Gasteiger partial charge in [0.25, 0.3) is 0 Å². The van der Waals surface area contributed by atoms with Crippen molar-refractivity contribution in [3.63, 3.8) is 0 Å². The van der Waals surface area contributed by atoms with Gasteiger partial charge >= 0.3 is 0 Å². The molecule has 0 fully saturated rings. The predicted molar refractivity (Wildman–Crippen MR) is 70.1 cm³/mol. The Bertz CT molecular complexity index is 422. The third-order valence-electron chi connectivity index (χ3n) is 2.34. The van der Waals surface area contributed by atoms with Gasteiger partial charge in [-0.05, 0) is 12.5 Å². The van der Waals surface area contributed by atoms with E-state index in [0.717, 1.165) is 10.6 Å². The summed E-state index contributed by atoms with van der Waals surface area (Å²) in [4.78, 5) is 22.2. The summed E-state index contributed by atoms with van der Waals surface area (Å²) >= 11 is 0. The maximum Gasteiger partial charge on any atom is 0.243 e. The maximum absolute atomic E-state index is 11.6. The number of carbonyl (C=O) groups excluding carboxylic acids is 2. The summed E-state index contributed by atoms with van der Waals surface area (Å²) in [7, 11) is 0. The minimum Gasteiger partial charge on any atom is -0.373 e. The van der Waals surface area contributed by atoms with Crippen LogP contribution in [0.5, 0.6) is 0 Å². The van der Waals surface area contributed by atoms with Crippen LogP contribution in [0.25, 0.3) is 0 Å². The molecule has 1 rings (SSSR count). The van der Waals surface area contributed by atoms with Crippen molar-refractivity contribution in [1.82, 2.24) is 5.01 Å². The highest BCUT2D eigenvalue weighted by atomic mass is 16.5. The zero-order valence-electron chi connectivity index (χ0n) is 10.8. The summed E-state index contributed by atoms with van der Waals surface area (Å²) in [5.74, 6) is 4.20. The van der Waals surface area contributed by atoms with Crippen molar-refractivity contribution in [2.75, 3.05) is 6.54 Å². The second-order valence-electron chi connectivity index (χ2n) is 4.10. The molecule has 0 aliphatic carbocycles. The molecule has 0 heterocycles. The number of nitrogens with zero attached hydrogens (tertiary/aromatic N) is 1. The van der Waals surface area contributed by atoms with E-state index in [1.165, 1.54) is 6.42 Å². The first-order valence-electron chi connectivity index (χ1n) is 5.84. The third kappa shape index (κ3) is 5.98. The van der Waals surface area contributed by atoms with Gasteiger partial charge in [-0.1, -0.05) is 30.3 Å². The Morgan fingerprint density at radius 1 is 1.37 bits per heavy atom. The molecule has 4 N–H and O–H groups in total. The number of primary amides is 1. The maximum atomic E-state index is 11.6. The molecule has 6 heteroatoms. The number of amides is 2. The van der Waals surface area contributed by atoms with Crippen LogP contribution in [0.15, 0.2) is 30.3 Å². The van der Waals surface area contributed by atoms with Crippen LogP contribution in [0.2, 0.25) is 0 Å². The van der Waals surface area contributed by atoms with Gasteiger partial charge in [0, 0.05) is 0 Å². The number of hydrazine groups is 1. The van der Waals surface area contributed by atoms with Crippen molar-refractivity contribution in [3.8, 4) is 0 Å².